The van der Waals surface area contributed by atoms with Crippen LogP contribution in [0.25, 0.3) is 0 Å². The van der Waals surface area contributed by atoms with E-state index in [0.29, 0.717) is 12.6 Å². The standard InChI is InChI=1S/C18H23NO/c1-3-18(16-8-6-5-7-9-16)19-14-15-10-12-17(13-11-15)20-4-2/h5-13,18-19H,3-4,14H2,1-2H3. The van der Waals surface area contributed by atoms with Gasteiger partial charge in [0.05, 0.1) is 6.61 Å². The lowest BCUT2D eigenvalue weighted by atomic mass is 10.0. The van der Waals surface area contributed by atoms with Gasteiger partial charge in [-0.3, -0.25) is 0 Å². The van der Waals surface area contributed by atoms with Gasteiger partial charge < -0.3 is 10.1 Å². The molecule has 0 aliphatic carbocycles. The maximum atomic E-state index is 5.46. The Bertz CT molecular complexity index is 493. The van der Waals surface area contributed by atoms with Crippen LogP contribution in [0, 0.1) is 0 Å². The zero-order chi connectivity index (χ0) is 14.2. The summed E-state index contributed by atoms with van der Waals surface area (Å²) in [4.78, 5) is 0. The van der Waals surface area contributed by atoms with Crippen LogP contribution in [0.15, 0.2) is 54.6 Å². The van der Waals surface area contributed by atoms with E-state index < -0.39 is 0 Å². The molecule has 0 bridgehead atoms. The highest BCUT2D eigenvalue weighted by atomic mass is 16.5. The van der Waals surface area contributed by atoms with E-state index in [9.17, 15) is 0 Å². The topological polar surface area (TPSA) is 21.3 Å². The molecule has 106 valence electrons. The molecule has 0 saturated carbocycles. The molecule has 2 heteroatoms. The van der Waals surface area contributed by atoms with Crippen LogP contribution in [0.5, 0.6) is 5.75 Å². The molecule has 1 N–H and O–H groups in total. The molecule has 1 unspecified atom stereocenters. The molecular weight excluding hydrogens is 246 g/mol. The Hall–Kier alpha value is -1.80. The minimum Gasteiger partial charge on any atom is -0.494 e. The summed E-state index contributed by atoms with van der Waals surface area (Å²) in [5.74, 6) is 0.936. The van der Waals surface area contributed by atoms with Gasteiger partial charge in [-0.1, -0.05) is 49.4 Å². The molecule has 2 rings (SSSR count). The van der Waals surface area contributed by atoms with Crippen LogP contribution in [0.3, 0.4) is 0 Å². The fourth-order valence-corrected chi connectivity index (χ4v) is 2.29. The molecule has 0 aliphatic rings. The SMILES string of the molecule is CCOc1ccc(CNC(CC)c2ccccc2)cc1. The van der Waals surface area contributed by atoms with Crippen molar-refractivity contribution in [2.75, 3.05) is 6.61 Å². The largest absolute Gasteiger partial charge is 0.494 e. The first kappa shape index (κ1) is 14.6. The highest BCUT2D eigenvalue weighted by molar-refractivity contribution is 5.27. The molecule has 2 nitrogen and oxygen atoms in total. The smallest absolute Gasteiger partial charge is 0.119 e. The van der Waals surface area contributed by atoms with Crippen LogP contribution < -0.4 is 10.1 Å². The second-order valence-corrected chi connectivity index (χ2v) is 4.83. The zero-order valence-corrected chi connectivity index (χ0v) is 12.3. The highest BCUT2D eigenvalue weighted by Crippen LogP contribution is 2.17. The van der Waals surface area contributed by atoms with Gasteiger partial charge in [0.15, 0.2) is 0 Å². The predicted molar refractivity (Wildman–Crippen MR) is 83.9 cm³/mol. The Labute approximate surface area is 121 Å². The van der Waals surface area contributed by atoms with E-state index in [1.165, 1.54) is 11.1 Å². The summed E-state index contributed by atoms with van der Waals surface area (Å²) in [6, 6.07) is 19.3. The quantitative estimate of drug-likeness (QED) is 0.808. The number of hydrogen-bond donors (Lipinski definition) is 1. The molecule has 1 atom stereocenters. The van der Waals surface area contributed by atoms with Crippen molar-refractivity contribution in [3.63, 3.8) is 0 Å². The van der Waals surface area contributed by atoms with Gasteiger partial charge in [0, 0.05) is 12.6 Å². The average molecular weight is 269 g/mol. The summed E-state index contributed by atoms with van der Waals surface area (Å²) in [6.07, 6.45) is 1.08. The molecule has 0 amide bonds. The van der Waals surface area contributed by atoms with E-state index in [0.717, 1.165) is 18.7 Å². The van der Waals surface area contributed by atoms with Crippen molar-refractivity contribution < 1.29 is 4.74 Å². The lowest BCUT2D eigenvalue weighted by molar-refractivity contribution is 0.340. The maximum Gasteiger partial charge on any atom is 0.119 e. The lowest BCUT2D eigenvalue weighted by Crippen LogP contribution is -2.20. The van der Waals surface area contributed by atoms with Gasteiger partial charge in [-0.2, -0.15) is 0 Å². The Morgan fingerprint density at radius 1 is 0.950 bits per heavy atom. The fraction of sp³-hybridized carbons (Fsp3) is 0.333. The normalized spacial score (nSPS) is 12.1. The third kappa shape index (κ3) is 4.10. The van der Waals surface area contributed by atoms with Crippen LogP contribution >= 0.6 is 0 Å². The van der Waals surface area contributed by atoms with Gasteiger partial charge in [0.2, 0.25) is 0 Å². The monoisotopic (exact) mass is 269 g/mol. The summed E-state index contributed by atoms with van der Waals surface area (Å²) in [5, 5.41) is 3.61. The predicted octanol–water partition coefficient (Wildman–Crippen LogP) is 4.33. The average Bonchev–Trinajstić information content (AvgIpc) is 2.51. The van der Waals surface area contributed by atoms with Crippen LogP contribution in [-0.2, 0) is 6.54 Å². The van der Waals surface area contributed by atoms with Gasteiger partial charge in [-0.05, 0) is 36.6 Å². The Balaban J connectivity index is 1.93. The first-order chi connectivity index (χ1) is 9.83. The molecule has 0 saturated heterocycles. The molecule has 0 heterocycles. The maximum absolute atomic E-state index is 5.46. The summed E-state index contributed by atoms with van der Waals surface area (Å²) >= 11 is 0. The molecule has 0 fully saturated rings. The van der Waals surface area contributed by atoms with E-state index in [4.69, 9.17) is 4.74 Å². The Kier molecular flexibility index (Phi) is 5.63. The van der Waals surface area contributed by atoms with E-state index in [2.05, 4.69) is 54.7 Å². The number of hydrogen-bond acceptors (Lipinski definition) is 2. The van der Waals surface area contributed by atoms with Gasteiger partial charge in [0.25, 0.3) is 0 Å². The molecule has 2 aromatic carbocycles. The summed E-state index contributed by atoms with van der Waals surface area (Å²) in [7, 11) is 0. The molecule has 0 spiro atoms. The van der Waals surface area contributed by atoms with Crippen molar-refractivity contribution in [1.82, 2.24) is 5.32 Å². The number of nitrogens with one attached hydrogen (secondary N) is 1. The van der Waals surface area contributed by atoms with E-state index >= 15 is 0 Å². The van der Waals surface area contributed by atoms with E-state index in [-0.39, 0.29) is 0 Å². The highest BCUT2D eigenvalue weighted by Gasteiger charge is 2.07. The lowest BCUT2D eigenvalue weighted by Gasteiger charge is -2.17. The van der Waals surface area contributed by atoms with Crippen LogP contribution in [0.1, 0.15) is 37.4 Å². The van der Waals surface area contributed by atoms with E-state index in [1.54, 1.807) is 0 Å². The van der Waals surface area contributed by atoms with Gasteiger partial charge >= 0.3 is 0 Å². The number of benzene rings is 2. The minimum atomic E-state index is 0.405. The zero-order valence-electron chi connectivity index (χ0n) is 12.3. The number of ether oxygens (including phenoxy) is 1. The molecule has 0 aromatic heterocycles. The van der Waals surface area contributed by atoms with Gasteiger partial charge in [-0.25, -0.2) is 0 Å². The van der Waals surface area contributed by atoms with Gasteiger partial charge in [0.1, 0.15) is 5.75 Å². The molecule has 0 aliphatic heterocycles. The molecule has 2 aromatic rings. The summed E-state index contributed by atoms with van der Waals surface area (Å²) in [6.45, 7) is 5.80. The third-order valence-electron chi connectivity index (χ3n) is 3.40. The second-order valence-electron chi connectivity index (χ2n) is 4.83. The summed E-state index contributed by atoms with van der Waals surface area (Å²) in [5.41, 5.74) is 2.63. The molecule has 0 radical (unpaired) electrons. The first-order valence-electron chi connectivity index (χ1n) is 7.33. The van der Waals surface area contributed by atoms with Crippen molar-refractivity contribution in [3.8, 4) is 5.75 Å². The van der Waals surface area contributed by atoms with Crippen molar-refractivity contribution in [2.45, 2.75) is 32.9 Å². The van der Waals surface area contributed by atoms with Crippen LogP contribution in [0.4, 0.5) is 0 Å². The van der Waals surface area contributed by atoms with Crippen molar-refractivity contribution in [1.29, 1.82) is 0 Å². The minimum absolute atomic E-state index is 0.405. The Morgan fingerprint density at radius 2 is 1.65 bits per heavy atom. The Morgan fingerprint density at radius 3 is 2.25 bits per heavy atom. The fourth-order valence-electron chi connectivity index (χ4n) is 2.29. The first-order valence-corrected chi connectivity index (χ1v) is 7.33. The van der Waals surface area contributed by atoms with Crippen molar-refractivity contribution in [3.05, 3.63) is 65.7 Å². The van der Waals surface area contributed by atoms with Crippen molar-refractivity contribution in [2.24, 2.45) is 0 Å². The van der Waals surface area contributed by atoms with Crippen LogP contribution in [0.2, 0.25) is 0 Å². The second kappa shape index (κ2) is 7.71. The molecular formula is C18H23NO. The molecule has 20 heavy (non-hydrogen) atoms. The third-order valence-corrected chi connectivity index (χ3v) is 3.40. The number of rotatable bonds is 7. The summed E-state index contributed by atoms with van der Waals surface area (Å²) < 4.78 is 5.46. The van der Waals surface area contributed by atoms with Crippen LogP contribution in [-0.4, -0.2) is 6.61 Å². The van der Waals surface area contributed by atoms with Crippen molar-refractivity contribution >= 4 is 0 Å². The van der Waals surface area contributed by atoms with E-state index in [1.807, 2.05) is 19.1 Å². The van der Waals surface area contributed by atoms with Gasteiger partial charge in [-0.15, -0.1) is 0 Å².